The monoisotopic (exact) mass is 250 g/mol. The van der Waals surface area contributed by atoms with Crippen molar-refractivity contribution in [2.45, 2.75) is 26.3 Å². The quantitative estimate of drug-likeness (QED) is 0.902. The van der Waals surface area contributed by atoms with Crippen molar-refractivity contribution in [2.75, 3.05) is 0 Å². The molecule has 0 aromatic carbocycles. The first kappa shape index (κ1) is 11.9. The molecule has 4 nitrogen and oxygen atoms in total. The van der Waals surface area contributed by atoms with Crippen LogP contribution in [-0.2, 0) is 6.42 Å². The number of aromatic amines is 1. The normalized spacial score (nSPS) is 11.0. The van der Waals surface area contributed by atoms with Gasteiger partial charge >= 0.3 is 5.69 Å². The maximum absolute atomic E-state index is 11.8. The highest BCUT2D eigenvalue weighted by Crippen LogP contribution is 2.09. The van der Waals surface area contributed by atoms with Crippen molar-refractivity contribution in [3.8, 4) is 0 Å². The van der Waals surface area contributed by atoms with E-state index in [2.05, 4.69) is 4.98 Å². The highest BCUT2D eigenvalue weighted by Gasteiger charge is 2.07. The lowest BCUT2D eigenvalue weighted by Gasteiger charge is -2.08. The molecule has 0 spiro atoms. The Morgan fingerprint density at radius 1 is 1.41 bits per heavy atom. The molecule has 0 saturated carbocycles. The van der Waals surface area contributed by atoms with Gasteiger partial charge in [0.15, 0.2) is 0 Å². The van der Waals surface area contributed by atoms with Crippen LogP contribution in [0.5, 0.6) is 0 Å². The summed E-state index contributed by atoms with van der Waals surface area (Å²) in [4.78, 5) is 26.3. The number of H-pyrrole nitrogens is 1. The molecular weight excluding hydrogens is 236 g/mol. The van der Waals surface area contributed by atoms with Crippen LogP contribution < -0.4 is 11.2 Å². The Balaban J connectivity index is 2.39. The minimum absolute atomic E-state index is 0.124. The predicted octanol–water partition coefficient (Wildman–Crippen LogP) is 1.77. The molecule has 0 aliphatic carbocycles. The van der Waals surface area contributed by atoms with Crippen LogP contribution in [0.25, 0.3) is 0 Å². The molecule has 2 heterocycles. The van der Waals surface area contributed by atoms with Crippen molar-refractivity contribution in [1.82, 2.24) is 9.55 Å². The van der Waals surface area contributed by atoms with Gasteiger partial charge in [0.2, 0.25) is 0 Å². The summed E-state index contributed by atoms with van der Waals surface area (Å²) in [7, 11) is 0. The SMILES string of the molecule is CC(C)n1c(=O)cc(Cc2ccsc2)[nH]c1=O. The minimum Gasteiger partial charge on any atom is -0.311 e. The van der Waals surface area contributed by atoms with Crippen LogP contribution in [0.15, 0.2) is 32.5 Å². The molecule has 0 bridgehead atoms. The number of hydrogen-bond acceptors (Lipinski definition) is 3. The van der Waals surface area contributed by atoms with E-state index in [-0.39, 0.29) is 17.3 Å². The summed E-state index contributed by atoms with van der Waals surface area (Å²) in [6.07, 6.45) is 0.590. The van der Waals surface area contributed by atoms with Crippen molar-refractivity contribution < 1.29 is 0 Å². The zero-order chi connectivity index (χ0) is 12.4. The summed E-state index contributed by atoms with van der Waals surface area (Å²) in [6, 6.07) is 3.36. The van der Waals surface area contributed by atoms with E-state index >= 15 is 0 Å². The molecule has 2 rings (SSSR count). The Kier molecular flexibility index (Phi) is 3.28. The number of nitrogens with one attached hydrogen (secondary N) is 1. The fourth-order valence-corrected chi connectivity index (χ4v) is 2.42. The van der Waals surface area contributed by atoms with Gasteiger partial charge in [0.25, 0.3) is 5.56 Å². The van der Waals surface area contributed by atoms with Gasteiger partial charge in [-0.1, -0.05) is 0 Å². The number of thiophene rings is 1. The van der Waals surface area contributed by atoms with Gasteiger partial charge < -0.3 is 4.98 Å². The maximum atomic E-state index is 11.8. The molecule has 0 aliphatic heterocycles. The van der Waals surface area contributed by atoms with Crippen LogP contribution in [0.1, 0.15) is 31.1 Å². The average molecular weight is 250 g/mol. The van der Waals surface area contributed by atoms with E-state index in [4.69, 9.17) is 0 Å². The number of rotatable bonds is 3. The van der Waals surface area contributed by atoms with E-state index in [1.54, 1.807) is 11.3 Å². The van der Waals surface area contributed by atoms with E-state index < -0.39 is 0 Å². The molecule has 1 N–H and O–H groups in total. The molecule has 2 aromatic rings. The van der Waals surface area contributed by atoms with E-state index in [9.17, 15) is 9.59 Å². The number of nitrogens with zero attached hydrogens (tertiary/aromatic N) is 1. The molecule has 5 heteroatoms. The Morgan fingerprint density at radius 3 is 2.71 bits per heavy atom. The van der Waals surface area contributed by atoms with Gasteiger partial charge in [-0.2, -0.15) is 11.3 Å². The summed E-state index contributed by atoms with van der Waals surface area (Å²) in [6.45, 7) is 3.63. The molecule has 0 fully saturated rings. The van der Waals surface area contributed by atoms with Crippen molar-refractivity contribution >= 4 is 11.3 Å². The summed E-state index contributed by atoms with van der Waals surface area (Å²) in [5.41, 5.74) is 1.19. The third-order valence-electron chi connectivity index (χ3n) is 2.51. The molecule has 0 radical (unpaired) electrons. The smallest absolute Gasteiger partial charge is 0.311 e. The number of hydrogen-bond donors (Lipinski definition) is 1. The third kappa shape index (κ3) is 2.55. The lowest BCUT2D eigenvalue weighted by Crippen LogP contribution is -2.36. The highest BCUT2D eigenvalue weighted by molar-refractivity contribution is 7.07. The molecule has 2 aromatic heterocycles. The molecule has 0 unspecified atom stereocenters. The van der Waals surface area contributed by atoms with Crippen molar-refractivity contribution in [3.05, 3.63) is 55.0 Å². The summed E-state index contributed by atoms with van der Waals surface area (Å²) in [5.74, 6) is 0. The van der Waals surface area contributed by atoms with Gasteiger partial charge in [0.1, 0.15) is 0 Å². The van der Waals surface area contributed by atoms with Gasteiger partial charge in [-0.3, -0.25) is 9.36 Å². The highest BCUT2D eigenvalue weighted by atomic mass is 32.1. The zero-order valence-corrected chi connectivity index (χ0v) is 10.6. The molecule has 0 aliphatic rings. The first-order chi connectivity index (χ1) is 8.08. The lowest BCUT2D eigenvalue weighted by atomic mass is 10.2. The Bertz CT molecular complexity index is 577. The summed E-state index contributed by atoms with van der Waals surface area (Å²) in [5, 5.41) is 3.98. The zero-order valence-electron chi connectivity index (χ0n) is 9.77. The molecule has 0 saturated heterocycles. The van der Waals surface area contributed by atoms with Crippen LogP contribution in [0.2, 0.25) is 0 Å². The Morgan fingerprint density at radius 2 is 2.18 bits per heavy atom. The second-order valence-corrected chi connectivity index (χ2v) is 4.99. The average Bonchev–Trinajstić information content (AvgIpc) is 2.68. The second-order valence-electron chi connectivity index (χ2n) is 4.21. The van der Waals surface area contributed by atoms with E-state index in [0.717, 1.165) is 5.56 Å². The van der Waals surface area contributed by atoms with Crippen LogP contribution in [0, 0.1) is 0 Å². The van der Waals surface area contributed by atoms with Crippen molar-refractivity contribution in [2.24, 2.45) is 0 Å². The summed E-state index contributed by atoms with van der Waals surface area (Å²) >= 11 is 1.60. The standard InChI is InChI=1S/C12H14N2O2S/c1-8(2)14-11(15)6-10(13-12(14)16)5-9-3-4-17-7-9/h3-4,6-8H,5H2,1-2H3,(H,13,16). The first-order valence-corrected chi connectivity index (χ1v) is 6.38. The molecule has 90 valence electrons. The maximum Gasteiger partial charge on any atom is 0.328 e. The minimum atomic E-state index is -0.335. The van der Waals surface area contributed by atoms with Gasteiger partial charge in [-0.25, -0.2) is 4.79 Å². The van der Waals surface area contributed by atoms with E-state index in [1.165, 1.54) is 10.6 Å². The van der Waals surface area contributed by atoms with Crippen molar-refractivity contribution in [1.29, 1.82) is 0 Å². The van der Waals surface area contributed by atoms with Crippen LogP contribution >= 0.6 is 11.3 Å². The molecule has 0 atom stereocenters. The van der Waals surface area contributed by atoms with Gasteiger partial charge in [0.05, 0.1) is 0 Å². The lowest BCUT2D eigenvalue weighted by molar-refractivity contribution is 0.542. The molecule has 0 amide bonds. The van der Waals surface area contributed by atoms with Gasteiger partial charge in [-0.05, 0) is 36.2 Å². The predicted molar refractivity (Wildman–Crippen MR) is 68.8 cm³/mol. The Labute approximate surface area is 103 Å². The van der Waals surface area contributed by atoms with Crippen LogP contribution in [0.3, 0.4) is 0 Å². The van der Waals surface area contributed by atoms with Gasteiger partial charge in [-0.15, -0.1) is 0 Å². The van der Waals surface area contributed by atoms with Crippen LogP contribution in [-0.4, -0.2) is 9.55 Å². The largest absolute Gasteiger partial charge is 0.328 e. The fraction of sp³-hybridized carbons (Fsp3) is 0.333. The van der Waals surface area contributed by atoms with Gasteiger partial charge in [0, 0.05) is 24.2 Å². The third-order valence-corrected chi connectivity index (χ3v) is 3.24. The van der Waals surface area contributed by atoms with E-state index in [1.807, 2.05) is 30.7 Å². The van der Waals surface area contributed by atoms with Crippen LogP contribution in [0.4, 0.5) is 0 Å². The van der Waals surface area contributed by atoms with Crippen molar-refractivity contribution in [3.63, 3.8) is 0 Å². The summed E-state index contributed by atoms with van der Waals surface area (Å²) < 4.78 is 1.22. The van der Waals surface area contributed by atoms with E-state index in [0.29, 0.717) is 12.1 Å². The second kappa shape index (κ2) is 4.71. The molecule has 17 heavy (non-hydrogen) atoms. The molecular formula is C12H14N2O2S. The Hall–Kier alpha value is -1.62. The topological polar surface area (TPSA) is 54.9 Å². The first-order valence-electron chi connectivity index (χ1n) is 5.43. The number of aromatic nitrogens is 2. The fourth-order valence-electron chi connectivity index (χ4n) is 1.75.